The molecular formula is C19H22N2O2. The van der Waals surface area contributed by atoms with Gasteiger partial charge in [-0.25, -0.2) is 4.79 Å². The van der Waals surface area contributed by atoms with Crippen molar-refractivity contribution in [3.8, 4) is 11.1 Å². The van der Waals surface area contributed by atoms with Crippen molar-refractivity contribution < 1.29 is 9.53 Å². The monoisotopic (exact) mass is 310 g/mol. The van der Waals surface area contributed by atoms with Crippen molar-refractivity contribution in [2.45, 2.75) is 26.1 Å². The van der Waals surface area contributed by atoms with Gasteiger partial charge in [0.2, 0.25) is 0 Å². The third kappa shape index (κ3) is 3.71. The first kappa shape index (κ1) is 15.6. The molecule has 0 spiro atoms. The SMILES string of the molecule is C[C@H]1CN(C(=O)Nc2ccccc2-c2ccccc2)C[C@H](C)O1. The van der Waals surface area contributed by atoms with Crippen LogP contribution in [-0.2, 0) is 4.74 Å². The Bertz CT molecular complexity index is 662. The number of hydrogen-bond donors (Lipinski definition) is 1. The van der Waals surface area contributed by atoms with Gasteiger partial charge in [-0.3, -0.25) is 0 Å². The normalized spacial score (nSPS) is 21.0. The first-order valence-corrected chi connectivity index (χ1v) is 7.99. The van der Waals surface area contributed by atoms with Crippen molar-refractivity contribution in [1.29, 1.82) is 0 Å². The summed E-state index contributed by atoms with van der Waals surface area (Å²) >= 11 is 0. The lowest BCUT2D eigenvalue weighted by Gasteiger charge is -2.35. The van der Waals surface area contributed by atoms with Crippen molar-refractivity contribution in [2.75, 3.05) is 18.4 Å². The number of para-hydroxylation sites is 1. The zero-order valence-electron chi connectivity index (χ0n) is 13.5. The Morgan fingerprint density at radius 3 is 2.30 bits per heavy atom. The lowest BCUT2D eigenvalue weighted by Crippen LogP contribution is -2.49. The standard InChI is InChI=1S/C19H22N2O2/c1-14-12-21(13-15(2)23-14)19(22)20-18-11-7-6-10-17(18)16-8-4-3-5-9-16/h3-11,14-15H,12-13H2,1-2H3,(H,20,22)/t14-,15-/m0/s1. The fourth-order valence-corrected chi connectivity index (χ4v) is 3.00. The van der Waals surface area contributed by atoms with Gasteiger partial charge in [-0.2, -0.15) is 0 Å². The minimum absolute atomic E-state index is 0.0638. The zero-order valence-corrected chi connectivity index (χ0v) is 13.5. The zero-order chi connectivity index (χ0) is 16.2. The highest BCUT2D eigenvalue weighted by molar-refractivity contribution is 5.94. The van der Waals surface area contributed by atoms with E-state index in [2.05, 4.69) is 5.32 Å². The number of benzene rings is 2. The minimum atomic E-state index is -0.0737. The highest BCUT2D eigenvalue weighted by Crippen LogP contribution is 2.28. The molecule has 1 N–H and O–H groups in total. The second-order valence-electron chi connectivity index (χ2n) is 6.00. The van der Waals surface area contributed by atoms with Gasteiger partial charge in [0.15, 0.2) is 0 Å². The van der Waals surface area contributed by atoms with Gasteiger partial charge in [0, 0.05) is 18.7 Å². The van der Waals surface area contributed by atoms with Crippen LogP contribution in [0.2, 0.25) is 0 Å². The number of amides is 2. The van der Waals surface area contributed by atoms with Crippen LogP contribution in [0.1, 0.15) is 13.8 Å². The number of nitrogens with one attached hydrogen (secondary N) is 1. The molecule has 1 aliphatic rings. The molecule has 2 amide bonds. The number of rotatable bonds is 2. The van der Waals surface area contributed by atoms with Gasteiger partial charge >= 0.3 is 6.03 Å². The van der Waals surface area contributed by atoms with E-state index >= 15 is 0 Å². The molecule has 1 fully saturated rings. The molecule has 2 aromatic rings. The lowest BCUT2D eigenvalue weighted by atomic mass is 10.0. The number of urea groups is 1. The number of carbonyl (C=O) groups excluding carboxylic acids is 1. The average Bonchev–Trinajstić information content (AvgIpc) is 2.55. The molecule has 1 heterocycles. The molecule has 1 aliphatic heterocycles. The topological polar surface area (TPSA) is 41.6 Å². The third-order valence-corrected chi connectivity index (χ3v) is 3.96. The Kier molecular flexibility index (Phi) is 4.63. The van der Waals surface area contributed by atoms with E-state index in [4.69, 9.17) is 4.74 Å². The Balaban J connectivity index is 1.79. The van der Waals surface area contributed by atoms with E-state index in [0.29, 0.717) is 13.1 Å². The number of carbonyl (C=O) groups is 1. The van der Waals surface area contributed by atoms with Gasteiger partial charge in [-0.05, 0) is 25.5 Å². The molecule has 0 radical (unpaired) electrons. The Hall–Kier alpha value is -2.33. The smallest absolute Gasteiger partial charge is 0.322 e. The summed E-state index contributed by atoms with van der Waals surface area (Å²) in [5.41, 5.74) is 2.94. The fourth-order valence-electron chi connectivity index (χ4n) is 3.00. The van der Waals surface area contributed by atoms with Crippen molar-refractivity contribution in [3.63, 3.8) is 0 Å². The molecular weight excluding hydrogens is 288 g/mol. The van der Waals surface area contributed by atoms with Gasteiger partial charge < -0.3 is 15.0 Å². The third-order valence-electron chi connectivity index (χ3n) is 3.96. The summed E-state index contributed by atoms with van der Waals surface area (Å²) in [7, 11) is 0. The fraction of sp³-hybridized carbons (Fsp3) is 0.316. The number of hydrogen-bond acceptors (Lipinski definition) is 2. The van der Waals surface area contributed by atoms with Crippen LogP contribution in [0.5, 0.6) is 0 Å². The number of nitrogens with zero attached hydrogens (tertiary/aromatic N) is 1. The highest BCUT2D eigenvalue weighted by atomic mass is 16.5. The minimum Gasteiger partial charge on any atom is -0.372 e. The average molecular weight is 310 g/mol. The van der Waals surface area contributed by atoms with E-state index in [1.54, 1.807) is 0 Å². The maximum absolute atomic E-state index is 12.6. The molecule has 0 saturated carbocycles. The lowest BCUT2D eigenvalue weighted by molar-refractivity contribution is -0.0530. The molecule has 4 heteroatoms. The summed E-state index contributed by atoms with van der Waals surface area (Å²) in [6.07, 6.45) is 0.128. The number of ether oxygens (including phenoxy) is 1. The van der Waals surface area contributed by atoms with E-state index in [0.717, 1.165) is 16.8 Å². The maximum Gasteiger partial charge on any atom is 0.322 e. The molecule has 2 aromatic carbocycles. The second kappa shape index (κ2) is 6.84. The van der Waals surface area contributed by atoms with E-state index < -0.39 is 0 Å². The number of anilines is 1. The summed E-state index contributed by atoms with van der Waals surface area (Å²) in [5.74, 6) is 0. The van der Waals surface area contributed by atoms with Crippen LogP contribution in [0, 0.1) is 0 Å². The van der Waals surface area contributed by atoms with Crippen molar-refractivity contribution >= 4 is 11.7 Å². The van der Waals surface area contributed by atoms with Gasteiger partial charge in [0.25, 0.3) is 0 Å². The summed E-state index contributed by atoms with van der Waals surface area (Å²) < 4.78 is 5.69. The van der Waals surface area contributed by atoms with Gasteiger partial charge in [0.1, 0.15) is 0 Å². The quantitative estimate of drug-likeness (QED) is 0.911. The van der Waals surface area contributed by atoms with E-state index in [1.807, 2.05) is 73.3 Å². The Morgan fingerprint density at radius 1 is 1.00 bits per heavy atom. The van der Waals surface area contributed by atoms with Crippen LogP contribution >= 0.6 is 0 Å². The summed E-state index contributed by atoms with van der Waals surface area (Å²) in [5, 5.41) is 3.05. The molecule has 4 nitrogen and oxygen atoms in total. The molecule has 0 unspecified atom stereocenters. The van der Waals surface area contributed by atoms with Crippen molar-refractivity contribution in [3.05, 3.63) is 54.6 Å². The first-order chi connectivity index (χ1) is 11.1. The van der Waals surface area contributed by atoms with E-state index in [1.165, 1.54) is 0 Å². The molecule has 120 valence electrons. The van der Waals surface area contributed by atoms with Gasteiger partial charge in [0.05, 0.1) is 17.9 Å². The van der Waals surface area contributed by atoms with Gasteiger partial charge in [-0.1, -0.05) is 48.5 Å². The molecule has 0 aromatic heterocycles. The first-order valence-electron chi connectivity index (χ1n) is 7.99. The van der Waals surface area contributed by atoms with Crippen LogP contribution < -0.4 is 5.32 Å². The molecule has 0 bridgehead atoms. The van der Waals surface area contributed by atoms with Crippen LogP contribution in [0.25, 0.3) is 11.1 Å². The largest absolute Gasteiger partial charge is 0.372 e. The van der Waals surface area contributed by atoms with Crippen LogP contribution in [-0.4, -0.2) is 36.2 Å². The molecule has 3 rings (SSSR count). The van der Waals surface area contributed by atoms with Crippen molar-refractivity contribution in [1.82, 2.24) is 4.90 Å². The molecule has 23 heavy (non-hydrogen) atoms. The van der Waals surface area contributed by atoms with Crippen LogP contribution in [0.3, 0.4) is 0 Å². The number of morpholine rings is 1. The highest BCUT2D eigenvalue weighted by Gasteiger charge is 2.26. The second-order valence-corrected chi connectivity index (χ2v) is 6.00. The predicted octanol–water partition coefficient (Wildman–Crippen LogP) is 3.99. The molecule has 1 saturated heterocycles. The van der Waals surface area contributed by atoms with Crippen molar-refractivity contribution in [2.24, 2.45) is 0 Å². The van der Waals surface area contributed by atoms with E-state index in [-0.39, 0.29) is 18.2 Å². The Morgan fingerprint density at radius 2 is 1.61 bits per heavy atom. The van der Waals surface area contributed by atoms with Crippen LogP contribution in [0.15, 0.2) is 54.6 Å². The summed E-state index contributed by atoms with van der Waals surface area (Å²) in [6, 6.07) is 17.9. The molecule has 2 atom stereocenters. The predicted molar refractivity (Wildman–Crippen MR) is 92.5 cm³/mol. The maximum atomic E-state index is 12.6. The summed E-state index contributed by atoms with van der Waals surface area (Å²) in [6.45, 7) is 5.22. The summed E-state index contributed by atoms with van der Waals surface area (Å²) in [4.78, 5) is 14.4. The van der Waals surface area contributed by atoms with Gasteiger partial charge in [-0.15, -0.1) is 0 Å². The molecule has 0 aliphatic carbocycles. The Labute approximate surface area is 137 Å². The van der Waals surface area contributed by atoms with E-state index in [9.17, 15) is 4.79 Å². The van der Waals surface area contributed by atoms with Crippen LogP contribution in [0.4, 0.5) is 10.5 Å².